The number of hydrogen-bond acceptors (Lipinski definition) is 6. The lowest BCUT2D eigenvalue weighted by Gasteiger charge is -2.13. The molecule has 3 aromatic rings. The van der Waals surface area contributed by atoms with Crippen molar-refractivity contribution in [2.75, 3.05) is 13.7 Å². The lowest BCUT2D eigenvalue weighted by molar-refractivity contribution is -0.123. The van der Waals surface area contributed by atoms with E-state index in [-0.39, 0.29) is 17.9 Å². The number of nitrogens with one attached hydrogen (secondary N) is 1. The Bertz CT molecular complexity index is 1240. The largest absolute Gasteiger partial charge is 0.493 e. The van der Waals surface area contributed by atoms with Crippen LogP contribution in [0.5, 0.6) is 17.2 Å². The van der Waals surface area contributed by atoms with Crippen molar-refractivity contribution in [2.45, 2.75) is 20.8 Å². The number of carbonyl (C=O) groups excluding carboxylic acids is 2. The number of esters is 1. The first kappa shape index (κ1) is 24.8. The highest BCUT2D eigenvalue weighted by Crippen LogP contribution is 2.29. The monoisotopic (exact) mass is 480 g/mol. The van der Waals surface area contributed by atoms with Gasteiger partial charge in [-0.15, -0.1) is 0 Å². The molecule has 0 aliphatic carbocycles. The van der Waals surface area contributed by atoms with Crippen LogP contribution in [0.15, 0.2) is 59.7 Å². The molecule has 0 aromatic heterocycles. The van der Waals surface area contributed by atoms with Crippen molar-refractivity contribution in [1.82, 2.24) is 5.43 Å². The summed E-state index contributed by atoms with van der Waals surface area (Å²) in [6.07, 6.45) is 1.45. The molecule has 1 amide bonds. The molecule has 0 aliphatic rings. The minimum atomic E-state index is -0.600. The highest BCUT2D eigenvalue weighted by atomic mass is 35.5. The van der Waals surface area contributed by atoms with E-state index in [0.717, 1.165) is 16.7 Å². The van der Waals surface area contributed by atoms with Crippen LogP contribution >= 0.6 is 11.6 Å². The molecule has 3 rings (SSSR count). The van der Waals surface area contributed by atoms with Gasteiger partial charge in [-0.05, 0) is 73.4 Å². The first-order chi connectivity index (χ1) is 16.3. The maximum absolute atomic E-state index is 12.4. The topological polar surface area (TPSA) is 86.2 Å². The summed E-state index contributed by atoms with van der Waals surface area (Å²) in [5, 5.41) is 4.25. The Morgan fingerprint density at radius 3 is 2.47 bits per heavy atom. The van der Waals surface area contributed by atoms with Crippen molar-refractivity contribution < 1.29 is 23.8 Å². The van der Waals surface area contributed by atoms with Crippen molar-refractivity contribution >= 4 is 29.7 Å². The number of ether oxygens (including phenoxy) is 3. The fraction of sp³-hybridized carbons (Fsp3) is 0.192. The summed E-state index contributed by atoms with van der Waals surface area (Å²) in [7, 11) is 1.46. The van der Waals surface area contributed by atoms with E-state index in [2.05, 4.69) is 10.5 Å². The van der Waals surface area contributed by atoms with Crippen molar-refractivity contribution in [1.29, 1.82) is 0 Å². The van der Waals surface area contributed by atoms with Crippen molar-refractivity contribution in [2.24, 2.45) is 5.10 Å². The number of halogens is 1. The second-order valence-electron chi connectivity index (χ2n) is 7.51. The number of methoxy groups -OCH3 is 1. The molecule has 176 valence electrons. The van der Waals surface area contributed by atoms with Gasteiger partial charge in [0, 0.05) is 0 Å². The Hall–Kier alpha value is -3.84. The van der Waals surface area contributed by atoms with Gasteiger partial charge in [0.1, 0.15) is 5.75 Å². The molecule has 0 spiro atoms. The van der Waals surface area contributed by atoms with E-state index in [0.29, 0.717) is 22.1 Å². The van der Waals surface area contributed by atoms with Gasteiger partial charge in [-0.25, -0.2) is 10.2 Å². The van der Waals surface area contributed by atoms with Gasteiger partial charge in [0.25, 0.3) is 5.91 Å². The Morgan fingerprint density at radius 2 is 1.74 bits per heavy atom. The van der Waals surface area contributed by atoms with E-state index >= 15 is 0 Å². The van der Waals surface area contributed by atoms with Crippen LogP contribution in [-0.2, 0) is 4.79 Å². The number of hydrazone groups is 1. The van der Waals surface area contributed by atoms with Crippen molar-refractivity contribution in [3.63, 3.8) is 0 Å². The molecule has 0 fully saturated rings. The van der Waals surface area contributed by atoms with Gasteiger partial charge in [-0.2, -0.15) is 5.10 Å². The Labute approximate surface area is 203 Å². The minimum Gasteiger partial charge on any atom is -0.493 e. The SMILES string of the molecule is COc1cc(/C=N/NC(=O)COc2c(C)ccc(C)c2C)ccc1OC(=O)c1ccccc1Cl. The first-order valence-corrected chi connectivity index (χ1v) is 10.8. The minimum absolute atomic E-state index is 0.164. The maximum atomic E-state index is 12.4. The van der Waals surface area contributed by atoms with E-state index in [1.54, 1.807) is 42.5 Å². The van der Waals surface area contributed by atoms with Crippen LogP contribution < -0.4 is 19.6 Å². The molecule has 1 N–H and O–H groups in total. The molecular weight excluding hydrogens is 456 g/mol. The van der Waals surface area contributed by atoms with E-state index in [9.17, 15) is 9.59 Å². The van der Waals surface area contributed by atoms with E-state index in [1.807, 2.05) is 32.9 Å². The molecule has 0 unspecified atom stereocenters. The third-order valence-corrected chi connectivity index (χ3v) is 5.44. The summed E-state index contributed by atoms with van der Waals surface area (Å²) in [5.41, 5.74) is 6.36. The van der Waals surface area contributed by atoms with E-state index < -0.39 is 11.9 Å². The predicted molar refractivity (Wildman–Crippen MR) is 131 cm³/mol. The molecule has 3 aromatic carbocycles. The fourth-order valence-corrected chi connectivity index (χ4v) is 3.34. The normalized spacial score (nSPS) is 10.7. The molecule has 0 radical (unpaired) electrons. The molecule has 0 saturated heterocycles. The van der Waals surface area contributed by atoms with E-state index in [1.165, 1.54) is 13.3 Å². The number of carbonyl (C=O) groups is 2. The zero-order chi connectivity index (χ0) is 24.7. The number of amides is 1. The third kappa shape index (κ3) is 6.14. The second-order valence-corrected chi connectivity index (χ2v) is 7.92. The lowest BCUT2D eigenvalue weighted by Crippen LogP contribution is -2.25. The van der Waals surface area contributed by atoms with Crippen LogP contribution in [0.1, 0.15) is 32.6 Å². The molecular formula is C26H25ClN2O5. The number of aryl methyl sites for hydroxylation is 2. The lowest BCUT2D eigenvalue weighted by atomic mass is 10.1. The summed E-state index contributed by atoms with van der Waals surface area (Å²) < 4.78 is 16.4. The van der Waals surface area contributed by atoms with Crippen LogP contribution in [0.2, 0.25) is 5.02 Å². The average Bonchev–Trinajstić information content (AvgIpc) is 2.82. The zero-order valence-corrected chi connectivity index (χ0v) is 20.1. The average molecular weight is 481 g/mol. The van der Waals surface area contributed by atoms with E-state index in [4.69, 9.17) is 25.8 Å². The fourth-order valence-electron chi connectivity index (χ4n) is 3.13. The van der Waals surface area contributed by atoms with Gasteiger partial charge in [-0.3, -0.25) is 4.79 Å². The molecule has 34 heavy (non-hydrogen) atoms. The van der Waals surface area contributed by atoms with Crippen LogP contribution in [0.3, 0.4) is 0 Å². The summed E-state index contributed by atoms with van der Waals surface area (Å²) in [4.78, 5) is 24.5. The van der Waals surface area contributed by atoms with Gasteiger partial charge >= 0.3 is 5.97 Å². The Balaban J connectivity index is 1.60. The summed E-state index contributed by atoms with van der Waals surface area (Å²) >= 11 is 6.05. The quantitative estimate of drug-likeness (QED) is 0.212. The highest BCUT2D eigenvalue weighted by Gasteiger charge is 2.15. The summed E-state index contributed by atoms with van der Waals surface area (Å²) in [6.45, 7) is 5.71. The van der Waals surface area contributed by atoms with Crippen molar-refractivity contribution in [3.05, 3.63) is 87.4 Å². The number of benzene rings is 3. The van der Waals surface area contributed by atoms with Gasteiger partial charge in [0.15, 0.2) is 18.1 Å². The highest BCUT2D eigenvalue weighted by molar-refractivity contribution is 6.33. The zero-order valence-electron chi connectivity index (χ0n) is 19.3. The molecule has 0 saturated carbocycles. The number of nitrogens with zero attached hydrogens (tertiary/aromatic N) is 1. The number of hydrogen-bond donors (Lipinski definition) is 1. The third-order valence-electron chi connectivity index (χ3n) is 5.11. The Morgan fingerprint density at radius 1 is 1.00 bits per heavy atom. The van der Waals surface area contributed by atoms with Gasteiger partial charge in [0.2, 0.25) is 0 Å². The standard InChI is InChI=1S/C26H25ClN2O5/c1-16-9-10-17(2)25(18(16)3)33-15-24(30)29-28-14-19-11-12-22(23(13-19)32-4)34-26(31)20-7-5-6-8-21(20)27/h5-14H,15H2,1-4H3,(H,29,30)/b28-14+. The first-order valence-electron chi connectivity index (χ1n) is 10.5. The van der Waals surface area contributed by atoms with Crippen LogP contribution in [0.25, 0.3) is 0 Å². The smallest absolute Gasteiger partial charge is 0.345 e. The molecule has 0 heterocycles. The summed E-state index contributed by atoms with van der Waals surface area (Å²) in [5.74, 6) is 0.256. The summed E-state index contributed by atoms with van der Waals surface area (Å²) in [6, 6.07) is 15.4. The van der Waals surface area contributed by atoms with Gasteiger partial charge in [-0.1, -0.05) is 35.9 Å². The van der Waals surface area contributed by atoms with Gasteiger partial charge < -0.3 is 14.2 Å². The van der Waals surface area contributed by atoms with Crippen molar-refractivity contribution in [3.8, 4) is 17.2 Å². The van der Waals surface area contributed by atoms with Gasteiger partial charge in [0.05, 0.1) is 23.9 Å². The molecule has 0 bridgehead atoms. The molecule has 7 nitrogen and oxygen atoms in total. The molecule has 0 aliphatic heterocycles. The predicted octanol–water partition coefficient (Wildman–Crippen LogP) is 5.02. The number of rotatable bonds is 8. The van der Waals surface area contributed by atoms with Crippen LogP contribution in [0, 0.1) is 20.8 Å². The van der Waals surface area contributed by atoms with Crippen LogP contribution in [0.4, 0.5) is 0 Å². The maximum Gasteiger partial charge on any atom is 0.345 e. The Kier molecular flexibility index (Phi) is 8.27. The molecule has 8 heteroatoms. The molecule has 0 atom stereocenters. The second kappa shape index (κ2) is 11.3. The van der Waals surface area contributed by atoms with Crippen LogP contribution in [-0.4, -0.2) is 31.8 Å².